The minimum atomic E-state index is -0.471. The summed E-state index contributed by atoms with van der Waals surface area (Å²) in [7, 11) is 0. The number of aryl methyl sites for hydroxylation is 1. The van der Waals surface area contributed by atoms with Crippen LogP contribution in [0.2, 0.25) is 0 Å². The fraction of sp³-hybridized carbons (Fsp3) is 0.588. The van der Waals surface area contributed by atoms with E-state index in [0.717, 1.165) is 36.2 Å². The van der Waals surface area contributed by atoms with Crippen LogP contribution in [0.4, 0.5) is 5.00 Å². The summed E-state index contributed by atoms with van der Waals surface area (Å²) in [6, 6.07) is -0.335. The highest BCUT2D eigenvalue weighted by Gasteiger charge is 2.25. The zero-order chi connectivity index (χ0) is 18.4. The SMILES string of the molecule is CCOC(=O)c1c(NC(=O)COC(=O)[C@H]2CCCN2)sc(CC)c1C. The lowest BCUT2D eigenvalue weighted by atomic mass is 10.1. The van der Waals surface area contributed by atoms with Crippen LogP contribution >= 0.6 is 11.3 Å². The summed E-state index contributed by atoms with van der Waals surface area (Å²) < 4.78 is 10.1. The second kappa shape index (κ2) is 8.96. The van der Waals surface area contributed by atoms with E-state index >= 15 is 0 Å². The van der Waals surface area contributed by atoms with Gasteiger partial charge >= 0.3 is 11.9 Å². The summed E-state index contributed by atoms with van der Waals surface area (Å²) in [5.74, 6) is -1.35. The minimum absolute atomic E-state index is 0.259. The molecule has 1 atom stereocenters. The lowest BCUT2D eigenvalue weighted by Gasteiger charge is -2.10. The molecule has 7 nitrogen and oxygen atoms in total. The maximum Gasteiger partial charge on any atom is 0.341 e. The molecule has 2 heterocycles. The Morgan fingerprint density at radius 3 is 2.64 bits per heavy atom. The third-order valence-corrected chi connectivity index (χ3v) is 5.34. The fourth-order valence-electron chi connectivity index (χ4n) is 2.72. The van der Waals surface area contributed by atoms with Gasteiger partial charge < -0.3 is 20.1 Å². The van der Waals surface area contributed by atoms with Crippen molar-refractivity contribution in [2.75, 3.05) is 25.1 Å². The first kappa shape index (κ1) is 19.4. The second-order valence-corrected chi connectivity index (χ2v) is 6.84. The van der Waals surface area contributed by atoms with Gasteiger partial charge in [-0.1, -0.05) is 6.92 Å². The molecule has 8 heteroatoms. The first-order valence-electron chi connectivity index (χ1n) is 8.47. The molecule has 2 N–H and O–H groups in total. The monoisotopic (exact) mass is 368 g/mol. The molecule has 0 saturated carbocycles. The maximum atomic E-state index is 12.2. The highest BCUT2D eigenvalue weighted by molar-refractivity contribution is 7.17. The molecule has 1 aromatic rings. The van der Waals surface area contributed by atoms with Gasteiger partial charge in [-0.25, -0.2) is 4.79 Å². The number of rotatable bonds is 7. The second-order valence-electron chi connectivity index (χ2n) is 5.73. The van der Waals surface area contributed by atoms with Crippen molar-refractivity contribution in [2.45, 2.75) is 46.1 Å². The normalized spacial score (nSPS) is 16.5. The van der Waals surface area contributed by atoms with Crippen LogP contribution in [-0.4, -0.2) is 43.6 Å². The van der Waals surface area contributed by atoms with E-state index in [4.69, 9.17) is 9.47 Å². The average Bonchev–Trinajstić information content (AvgIpc) is 3.21. The van der Waals surface area contributed by atoms with Crippen LogP contribution < -0.4 is 10.6 Å². The maximum absolute atomic E-state index is 12.2. The Hall–Kier alpha value is -1.93. The van der Waals surface area contributed by atoms with Crippen LogP contribution in [0.1, 0.15) is 47.5 Å². The molecule has 138 valence electrons. The van der Waals surface area contributed by atoms with E-state index in [2.05, 4.69) is 10.6 Å². The van der Waals surface area contributed by atoms with E-state index < -0.39 is 17.8 Å². The van der Waals surface area contributed by atoms with Crippen LogP contribution in [-0.2, 0) is 25.5 Å². The largest absolute Gasteiger partial charge is 0.462 e. The average molecular weight is 368 g/mol. The van der Waals surface area contributed by atoms with Gasteiger partial charge in [0.15, 0.2) is 6.61 Å². The van der Waals surface area contributed by atoms with E-state index in [0.29, 0.717) is 10.6 Å². The molecule has 0 radical (unpaired) electrons. The van der Waals surface area contributed by atoms with E-state index in [1.807, 2.05) is 13.8 Å². The van der Waals surface area contributed by atoms with Crippen LogP contribution in [0.25, 0.3) is 0 Å². The van der Waals surface area contributed by atoms with Crippen molar-refractivity contribution in [1.82, 2.24) is 5.32 Å². The number of hydrogen-bond donors (Lipinski definition) is 2. The summed E-state index contributed by atoms with van der Waals surface area (Å²) in [5.41, 5.74) is 1.19. The fourth-order valence-corrected chi connectivity index (χ4v) is 3.87. The molecule has 0 aromatic carbocycles. The molecular weight excluding hydrogens is 344 g/mol. The molecule has 0 spiro atoms. The van der Waals surface area contributed by atoms with Crippen LogP contribution in [0.15, 0.2) is 0 Å². The minimum Gasteiger partial charge on any atom is -0.462 e. The lowest BCUT2D eigenvalue weighted by molar-refractivity contribution is -0.149. The third kappa shape index (κ3) is 4.79. The molecule has 1 aromatic heterocycles. The standard InChI is InChI=1S/C17H24N2O5S/c1-4-12-10(3)14(17(22)23-5-2)15(25-12)19-13(20)9-24-16(21)11-7-6-8-18-11/h11,18H,4-9H2,1-3H3,(H,19,20)/t11-/m1/s1. The van der Waals surface area contributed by atoms with Gasteiger partial charge in [-0.15, -0.1) is 11.3 Å². The Labute approximate surface area is 151 Å². The lowest BCUT2D eigenvalue weighted by Crippen LogP contribution is -2.34. The van der Waals surface area contributed by atoms with E-state index in [1.165, 1.54) is 11.3 Å². The number of esters is 2. The van der Waals surface area contributed by atoms with E-state index in [-0.39, 0.29) is 19.3 Å². The first-order chi connectivity index (χ1) is 12.0. The van der Waals surface area contributed by atoms with Gasteiger partial charge in [0.25, 0.3) is 5.91 Å². The van der Waals surface area contributed by atoms with E-state index in [1.54, 1.807) is 6.92 Å². The van der Waals surface area contributed by atoms with Gasteiger partial charge in [0, 0.05) is 4.88 Å². The van der Waals surface area contributed by atoms with E-state index in [9.17, 15) is 14.4 Å². The van der Waals surface area contributed by atoms with Crippen molar-refractivity contribution in [3.8, 4) is 0 Å². The smallest absolute Gasteiger partial charge is 0.341 e. The highest BCUT2D eigenvalue weighted by atomic mass is 32.1. The summed E-state index contributed by atoms with van der Waals surface area (Å²) in [6.07, 6.45) is 2.39. The summed E-state index contributed by atoms with van der Waals surface area (Å²) in [5, 5.41) is 6.13. The Morgan fingerprint density at radius 1 is 1.28 bits per heavy atom. The molecular formula is C17H24N2O5S. The Morgan fingerprint density at radius 2 is 2.04 bits per heavy atom. The quantitative estimate of drug-likeness (QED) is 0.715. The molecule has 0 bridgehead atoms. The van der Waals surface area contributed by atoms with Gasteiger partial charge in [0.05, 0.1) is 12.2 Å². The molecule has 2 rings (SSSR count). The Kier molecular flexibility index (Phi) is 6.95. The molecule has 1 saturated heterocycles. The molecule has 0 unspecified atom stereocenters. The van der Waals surface area contributed by atoms with Gasteiger partial charge in [-0.3, -0.25) is 9.59 Å². The van der Waals surface area contributed by atoms with Gasteiger partial charge in [-0.2, -0.15) is 0 Å². The topological polar surface area (TPSA) is 93.7 Å². The van der Waals surface area contributed by atoms with Crippen molar-refractivity contribution >= 4 is 34.2 Å². The van der Waals surface area contributed by atoms with Crippen molar-refractivity contribution < 1.29 is 23.9 Å². The zero-order valence-corrected chi connectivity index (χ0v) is 15.6. The molecule has 1 aliphatic heterocycles. The predicted octanol–water partition coefficient (Wildman–Crippen LogP) is 2.03. The van der Waals surface area contributed by atoms with Crippen molar-refractivity contribution in [3.63, 3.8) is 0 Å². The number of carbonyl (C=O) groups excluding carboxylic acids is 3. The number of amides is 1. The number of carbonyl (C=O) groups is 3. The molecule has 1 amide bonds. The third-order valence-electron chi connectivity index (χ3n) is 3.99. The number of nitrogens with one attached hydrogen (secondary N) is 2. The zero-order valence-electron chi connectivity index (χ0n) is 14.8. The molecule has 25 heavy (non-hydrogen) atoms. The first-order valence-corrected chi connectivity index (χ1v) is 9.28. The summed E-state index contributed by atoms with van der Waals surface area (Å²) in [6.45, 7) is 6.21. The molecule has 1 fully saturated rings. The van der Waals surface area contributed by atoms with Gasteiger partial charge in [-0.05, 0) is 45.2 Å². The number of hydrogen-bond acceptors (Lipinski definition) is 7. The Bertz CT molecular complexity index is 650. The van der Waals surface area contributed by atoms with Crippen LogP contribution in [0.3, 0.4) is 0 Å². The highest BCUT2D eigenvalue weighted by Crippen LogP contribution is 2.34. The van der Waals surface area contributed by atoms with Crippen molar-refractivity contribution in [2.24, 2.45) is 0 Å². The van der Waals surface area contributed by atoms with Crippen LogP contribution in [0.5, 0.6) is 0 Å². The molecule has 1 aliphatic rings. The number of thiophene rings is 1. The Balaban J connectivity index is 2.01. The van der Waals surface area contributed by atoms with Crippen molar-refractivity contribution in [1.29, 1.82) is 0 Å². The number of anilines is 1. The van der Waals surface area contributed by atoms with Crippen molar-refractivity contribution in [3.05, 3.63) is 16.0 Å². The molecule has 0 aliphatic carbocycles. The van der Waals surface area contributed by atoms with Crippen LogP contribution in [0, 0.1) is 6.92 Å². The summed E-state index contributed by atoms with van der Waals surface area (Å²) in [4.78, 5) is 37.1. The predicted molar refractivity (Wildman–Crippen MR) is 95.0 cm³/mol. The van der Waals surface area contributed by atoms with Gasteiger partial charge in [0.2, 0.25) is 0 Å². The number of ether oxygens (including phenoxy) is 2. The summed E-state index contributed by atoms with van der Waals surface area (Å²) >= 11 is 1.34. The van der Waals surface area contributed by atoms with Gasteiger partial charge in [0.1, 0.15) is 11.0 Å².